The zero-order chi connectivity index (χ0) is 18.4. The molecule has 1 saturated carbocycles. The van der Waals surface area contributed by atoms with Gasteiger partial charge in [-0.1, -0.05) is 12.1 Å². The molecule has 0 amide bonds. The number of nitriles is 1. The van der Waals surface area contributed by atoms with Gasteiger partial charge in [0.25, 0.3) is 0 Å². The summed E-state index contributed by atoms with van der Waals surface area (Å²) in [7, 11) is -3.51. The molecule has 0 unspecified atom stereocenters. The van der Waals surface area contributed by atoms with Gasteiger partial charge in [-0.15, -0.1) is 0 Å². The summed E-state index contributed by atoms with van der Waals surface area (Å²) in [5, 5.41) is 17.5. The molecule has 1 aromatic carbocycles. The number of hydrogen-bond donors (Lipinski definition) is 0. The van der Waals surface area contributed by atoms with Gasteiger partial charge in [0.2, 0.25) is 10.0 Å². The van der Waals surface area contributed by atoms with Gasteiger partial charge in [-0.05, 0) is 36.6 Å². The third-order valence-electron chi connectivity index (χ3n) is 4.97. The molecular formula is C18H17FN4O2S. The van der Waals surface area contributed by atoms with Crippen molar-refractivity contribution in [2.45, 2.75) is 25.8 Å². The van der Waals surface area contributed by atoms with E-state index in [1.54, 1.807) is 18.2 Å². The third-order valence-corrected chi connectivity index (χ3v) is 6.98. The molecule has 1 aliphatic carbocycles. The number of halogens is 1. The molecule has 134 valence electrons. The summed E-state index contributed by atoms with van der Waals surface area (Å²) in [6, 6.07) is 9.97. The molecule has 0 N–H and O–H groups in total. The van der Waals surface area contributed by atoms with Crippen molar-refractivity contribution >= 4 is 10.0 Å². The van der Waals surface area contributed by atoms with Gasteiger partial charge in [0, 0.05) is 25.1 Å². The Morgan fingerprint density at radius 3 is 2.77 bits per heavy atom. The van der Waals surface area contributed by atoms with Crippen molar-refractivity contribution in [1.29, 1.82) is 5.26 Å². The van der Waals surface area contributed by atoms with Crippen molar-refractivity contribution in [3.8, 4) is 17.3 Å². The van der Waals surface area contributed by atoms with Gasteiger partial charge in [-0.25, -0.2) is 12.8 Å². The van der Waals surface area contributed by atoms with Crippen molar-refractivity contribution in [2.75, 3.05) is 12.3 Å². The van der Waals surface area contributed by atoms with Crippen LogP contribution in [-0.2, 0) is 23.0 Å². The second-order valence-electron chi connectivity index (χ2n) is 6.94. The monoisotopic (exact) mass is 372 g/mol. The van der Waals surface area contributed by atoms with Gasteiger partial charge in [-0.3, -0.25) is 0 Å². The van der Waals surface area contributed by atoms with Crippen LogP contribution in [0.15, 0.2) is 30.3 Å². The van der Waals surface area contributed by atoms with Gasteiger partial charge in [0.05, 0.1) is 28.6 Å². The smallest absolute Gasteiger partial charge is 0.212 e. The van der Waals surface area contributed by atoms with Crippen LogP contribution in [0.2, 0.25) is 0 Å². The van der Waals surface area contributed by atoms with E-state index < -0.39 is 15.4 Å². The molecule has 4 rings (SSSR count). The SMILES string of the molecule is N#CC1(CS(=O)(=O)N2CCc3nnc(-c4cccc(F)c4)cc3C2)CC1. The predicted molar refractivity (Wildman–Crippen MR) is 92.6 cm³/mol. The largest absolute Gasteiger partial charge is 0.215 e. The fourth-order valence-corrected chi connectivity index (χ4v) is 5.15. The van der Waals surface area contributed by atoms with Crippen LogP contribution < -0.4 is 0 Å². The second-order valence-corrected chi connectivity index (χ2v) is 8.91. The summed E-state index contributed by atoms with van der Waals surface area (Å²) in [4.78, 5) is 0. The summed E-state index contributed by atoms with van der Waals surface area (Å²) >= 11 is 0. The lowest BCUT2D eigenvalue weighted by molar-refractivity contribution is 0.383. The highest BCUT2D eigenvalue weighted by Gasteiger charge is 2.48. The normalized spacial score (nSPS) is 18.8. The molecule has 0 radical (unpaired) electrons. The highest BCUT2D eigenvalue weighted by Crippen LogP contribution is 2.46. The van der Waals surface area contributed by atoms with Crippen LogP contribution in [0.25, 0.3) is 11.3 Å². The van der Waals surface area contributed by atoms with Gasteiger partial charge in [0.1, 0.15) is 5.82 Å². The zero-order valence-corrected chi connectivity index (χ0v) is 14.8. The molecule has 8 heteroatoms. The number of sulfonamides is 1. The summed E-state index contributed by atoms with van der Waals surface area (Å²) in [6.45, 7) is 0.543. The van der Waals surface area contributed by atoms with Crippen LogP contribution in [0.4, 0.5) is 4.39 Å². The van der Waals surface area contributed by atoms with Crippen LogP contribution in [0.5, 0.6) is 0 Å². The van der Waals surface area contributed by atoms with Crippen molar-refractivity contribution in [2.24, 2.45) is 5.41 Å². The highest BCUT2D eigenvalue weighted by atomic mass is 32.2. The Morgan fingerprint density at radius 2 is 2.08 bits per heavy atom. The molecule has 0 saturated heterocycles. The maximum absolute atomic E-state index is 13.4. The summed E-state index contributed by atoms with van der Waals surface area (Å²) < 4.78 is 40.3. The molecule has 0 bridgehead atoms. The lowest BCUT2D eigenvalue weighted by Gasteiger charge is -2.28. The average Bonchev–Trinajstić information content (AvgIpc) is 3.40. The van der Waals surface area contributed by atoms with E-state index >= 15 is 0 Å². The number of rotatable bonds is 4. The molecular weight excluding hydrogens is 355 g/mol. The Bertz CT molecular complexity index is 1010. The van der Waals surface area contributed by atoms with Crippen molar-refractivity contribution in [3.05, 3.63) is 47.4 Å². The first-order valence-corrected chi connectivity index (χ1v) is 10.0. The predicted octanol–water partition coefficient (Wildman–Crippen LogP) is 2.27. The lowest BCUT2D eigenvalue weighted by atomic mass is 10.0. The zero-order valence-electron chi connectivity index (χ0n) is 14.0. The van der Waals surface area contributed by atoms with Crippen LogP contribution >= 0.6 is 0 Å². The quantitative estimate of drug-likeness (QED) is 0.822. The number of fused-ring (bicyclic) bond motifs is 1. The fraction of sp³-hybridized carbons (Fsp3) is 0.389. The molecule has 1 aromatic heterocycles. The maximum atomic E-state index is 13.4. The number of nitrogens with zero attached hydrogens (tertiary/aromatic N) is 4. The maximum Gasteiger partial charge on any atom is 0.215 e. The summed E-state index contributed by atoms with van der Waals surface area (Å²) in [5.41, 5.74) is 1.94. The average molecular weight is 372 g/mol. The van der Waals surface area contributed by atoms with E-state index in [2.05, 4.69) is 16.3 Å². The van der Waals surface area contributed by atoms with Crippen molar-refractivity contribution < 1.29 is 12.8 Å². The van der Waals surface area contributed by atoms with Gasteiger partial charge in [0.15, 0.2) is 0 Å². The van der Waals surface area contributed by atoms with Gasteiger partial charge >= 0.3 is 0 Å². The van der Waals surface area contributed by atoms with E-state index in [4.69, 9.17) is 0 Å². The Kier molecular flexibility index (Phi) is 4.01. The van der Waals surface area contributed by atoms with E-state index in [-0.39, 0.29) is 18.1 Å². The van der Waals surface area contributed by atoms with Gasteiger partial charge < -0.3 is 0 Å². The first-order chi connectivity index (χ1) is 12.4. The Balaban J connectivity index is 1.60. The topological polar surface area (TPSA) is 87.0 Å². The molecule has 2 aliphatic rings. The minimum Gasteiger partial charge on any atom is -0.212 e. The Hall–Kier alpha value is -2.37. The number of hydrogen-bond acceptors (Lipinski definition) is 5. The van der Waals surface area contributed by atoms with E-state index in [9.17, 15) is 18.1 Å². The Morgan fingerprint density at radius 1 is 1.27 bits per heavy atom. The van der Waals surface area contributed by atoms with E-state index in [1.165, 1.54) is 16.4 Å². The van der Waals surface area contributed by atoms with Crippen LogP contribution in [0.1, 0.15) is 24.1 Å². The van der Waals surface area contributed by atoms with E-state index in [0.717, 1.165) is 11.3 Å². The second kappa shape index (κ2) is 6.11. The van der Waals surface area contributed by atoms with Crippen LogP contribution in [0, 0.1) is 22.6 Å². The molecule has 1 aliphatic heterocycles. The van der Waals surface area contributed by atoms with Crippen molar-refractivity contribution in [1.82, 2.24) is 14.5 Å². The lowest BCUT2D eigenvalue weighted by Crippen LogP contribution is -2.39. The summed E-state index contributed by atoms with van der Waals surface area (Å²) in [6.07, 6.45) is 1.76. The first-order valence-electron chi connectivity index (χ1n) is 8.41. The molecule has 0 atom stereocenters. The Labute approximate surface area is 151 Å². The fourth-order valence-electron chi connectivity index (χ4n) is 3.21. The van der Waals surface area contributed by atoms with Crippen LogP contribution in [0.3, 0.4) is 0 Å². The number of aromatic nitrogens is 2. The minimum atomic E-state index is -3.51. The molecule has 2 aromatic rings. The minimum absolute atomic E-state index is 0.124. The van der Waals surface area contributed by atoms with E-state index in [1.807, 2.05) is 0 Å². The van der Waals surface area contributed by atoms with Crippen molar-refractivity contribution in [3.63, 3.8) is 0 Å². The van der Waals surface area contributed by atoms with E-state index in [0.29, 0.717) is 37.1 Å². The first kappa shape index (κ1) is 17.1. The van der Waals surface area contributed by atoms with Gasteiger partial charge in [-0.2, -0.15) is 19.8 Å². The molecule has 2 heterocycles. The standard InChI is InChI=1S/C18H17FN4O2S/c19-15-3-1-2-13(8-15)17-9-14-10-23(7-4-16(14)21-22-17)26(24,25)12-18(11-20)5-6-18/h1-3,8-9H,4-7,10,12H2. The molecule has 6 nitrogen and oxygen atoms in total. The highest BCUT2D eigenvalue weighted by molar-refractivity contribution is 7.89. The molecule has 26 heavy (non-hydrogen) atoms. The van der Waals surface area contributed by atoms with Crippen LogP contribution in [-0.4, -0.2) is 35.2 Å². The number of benzene rings is 1. The third kappa shape index (κ3) is 3.20. The molecule has 1 fully saturated rings. The summed E-state index contributed by atoms with van der Waals surface area (Å²) in [5.74, 6) is -0.487. The molecule has 0 spiro atoms.